The van der Waals surface area contributed by atoms with E-state index >= 15 is 0 Å². The zero-order chi connectivity index (χ0) is 14.0. The number of benzene rings is 1. The number of unbranched alkanes of at least 4 members (excludes halogenated alkanes) is 2. The maximum Gasteiger partial charge on any atom is 0.128 e. The van der Waals surface area contributed by atoms with Gasteiger partial charge in [0.05, 0.1) is 18.8 Å². The first-order chi connectivity index (χ1) is 9.76. The highest BCUT2D eigenvalue weighted by molar-refractivity contribution is 5.17. The molecule has 2 nitrogen and oxygen atoms in total. The fourth-order valence-corrected chi connectivity index (χ4v) is 3.43. The monoisotopic (exact) mass is 278 g/mol. The number of rotatable bonds is 7. The van der Waals surface area contributed by atoms with Gasteiger partial charge < -0.3 is 9.47 Å². The van der Waals surface area contributed by atoms with Crippen LogP contribution in [-0.4, -0.2) is 17.8 Å². The normalized spacial score (nSPS) is 31.3. The van der Waals surface area contributed by atoms with Gasteiger partial charge in [-0.05, 0) is 25.3 Å². The largest absolute Gasteiger partial charge is 0.370 e. The van der Waals surface area contributed by atoms with E-state index in [0.717, 1.165) is 19.3 Å². The Morgan fingerprint density at radius 2 is 2.15 bits per heavy atom. The van der Waals surface area contributed by atoms with E-state index in [0.29, 0.717) is 18.3 Å². The molecular formula is C17H23FO2. The molecule has 2 aliphatic rings. The SMILES string of the molecule is CCCCC[C@@]12O[C@@H]1CC[C@H]2OCc1ccccc1F. The van der Waals surface area contributed by atoms with E-state index in [4.69, 9.17) is 9.47 Å². The minimum atomic E-state index is -0.182. The molecule has 1 aliphatic heterocycles. The first-order valence-electron chi connectivity index (χ1n) is 7.79. The van der Waals surface area contributed by atoms with Gasteiger partial charge >= 0.3 is 0 Å². The van der Waals surface area contributed by atoms with Gasteiger partial charge in [-0.15, -0.1) is 0 Å². The van der Waals surface area contributed by atoms with Crippen molar-refractivity contribution < 1.29 is 13.9 Å². The van der Waals surface area contributed by atoms with Crippen LogP contribution < -0.4 is 0 Å². The first-order valence-corrected chi connectivity index (χ1v) is 7.79. The lowest BCUT2D eigenvalue weighted by atomic mass is 9.97. The molecule has 2 fully saturated rings. The Hall–Kier alpha value is -0.930. The summed E-state index contributed by atoms with van der Waals surface area (Å²) in [5.74, 6) is -0.182. The lowest BCUT2D eigenvalue weighted by molar-refractivity contribution is -0.0223. The number of halogens is 1. The summed E-state index contributed by atoms with van der Waals surface area (Å²) in [7, 11) is 0. The first kappa shape index (κ1) is 14.0. The molecule has 3 heteroatoms. The second kappa shape index (κ2) is 5.82. The number of hydrogen-bond donors (Lipinski definition) is 0. The van der Waals surface area contributed by atoms with Crippen LogP contribution >= 0.6 is 0 Å². The van der Waals surface area contributed by atoms with Gasteiger partial charge in [0.25, 0.3) is 0 Å². The zero-order valence-corrected chi connectivity index (χ0v) is 12.1. The van der Waals surface area contributed by atoms with E-state index < -0.39 is 0 Å². The van der Waals surface area contributed by atoms with Crippen molar-refractivity contribution in [1.29, 1.82) is 0 Å². The summed E-state index contributed by atoms with van der Waals surface area (Å²) in [4.78, 5) is 0. The highest BCUT2D eigenvalue weighted by Crippen LogP contribution is 2.54. The Balaban J connectivity index is 1.56. The standard InChI is InChI=1S/C17H23FO2/c1-2-3-6-11-17-15(9-10-16(17)20-17)19-12-13-7-4-5-8-14(13)18/h4-5,7-8,15-16H,2-3,6,9-12H2,1H3/t15-,16-,17+/m1/s1. The Morgan fingerprint density at radius 3 is 2.90 bits per heavy atom. The topological polar surface area (TPSA) is 21.8 Å². The number of hydrogen-bond acceptors (Lipinski definition) is 2. The molecule has 0 N–H and O–H groups in total. The van der Waals surface area contributed by atoms with Gasteiger partial charge in [-0.25, -0.2) is 4.39 Å². The lowest BCUT2D eigenvalue weighted by Gasteiger charge is -2.21. The van der Waals surface area contributed by atoms with E-state index in [1.807, 2.05) is 6.07 Å². The predicted molar refractivity (Wildman–Crippen MR) is 76.0 cm³/mol. The van der Waals surface area contributed by atoms with Crippen molar-refractivity contribution >= 4 is 0 Å². The summed E-state index contributed by atoms with van der Waals surface area (Å²) in [5.41, 5.74) is 0.598. The third kappa shape index (κ3) is 2.61. The second-order valence-corrected chi connectivity index (χ2v) is 5.99. The minimum Gasteiger partial charge on any atom is -0.370 e. The van der Waals surface area contributed by atoms with Gasteiger partial charge in [0, 0.05) is 5.56 Å². The van der Waals surface area contributed by atoms with Crippen molar-refractivity contribution in [3.63, 3.8) is 0 Å². The summed E-state index contributed by atoms with van der Waals surface area (Å²) >= 11 is 0. The van der Waals surface area contributed by atoms with E-state index in [-0.39, 0.29) is 17.5 Å². The Morgan fingerprint density at radius 1 is 1.30 bits per heavy atom. The maximum absolute atomic E-state index is 13.6. The van der Waals surface area contributed by atoms with Crippen LogP contribution in [0.5, 0.6) is 0 Å². The van der Waals surface area contributed by atoms with Crippen LogP contribution in [0.1, 0.15) is 51.0 Å². The molecular weight excluding hydrogens is 255 g/mol. The molecule has 0 spiro atoms. The molecule has 1 aromatic carbocycles. The highest BCUT2D eigenvalue weighted by Gasteiger charge is 2.65. The molecule has 0 bridgehead atoms. The lowest BCUT2D eigenvalue weighted by Crippen LogP contribution is -2.30. The Bertz CT molecular complexity index is 462. The van der Waals surface area contributed by atoms with E-state index in [9.17, 15) is 4.39 Å². The van der Waals surface area contributed by atoms with Crippen LogP contribution in [0, 0.1) is 5.82 Å². The fourth-order valence-electron chi connectivity index (χ4n) is 3.43. The summed E-state index contributed by atoms with van der Waals surface area (Å²) in [6, 6.07) is 6.84. The molecule has 0 unspecified atom stereocenters. The van der Waals surface area contributed by atoms with Gasteiger partial charge in [0.1, 0.15) is 11.4 Å². The zero-order valence-electron chi connectivity index (χ0n) is 12.1. The molecule has 20 heavy (non-hydrogen) atoms. The van der Waals surface area contributed by atoms with Crippen LogP contribution in [0.4, 0.5) is 4.39 Å². The molecule has 1 heterocycles. The summed E-state index contributed by atoms with van der Waals surface area (Å²) in [5, 5.41) is 0. The van der Waals surface area contributed by atoms with Crippen molar-refractivity contribution in [2.75, 3.05) is 0 Å². The molecule has 1 aromatic rings. The van der Waals surface area contributed by atoms with Crippen LogP contribution in [0.25, 0.3) is 0 Å². The molecule has 3 rings (SSSR count). The van der Waals surface area contributed by atoms with Crippen molar-refractivity contribution in [3.8, 4) is 0 Å². The van der Waals surface area contributed by atoms with Gasteiger partial charge in [-0.1, -0.05) is 44.4 Å². The van der Waals surface area contributed by atoms with Crippen LogP contribution in [-0.2, 0) is 16.1 Å². The third-order valence-corrected chi connectivity index (χ3v) is 4.65. The van der Waals surface area contributed by atoms with Crippen LogP contribution in [0.2, 0.25) is 0 Å². The van der Waals surface area contributed by atoms with E-state index in [1.54, 1.807) is 12.1 Å². The molecule has 1 saturated heterocycles. The van der Waals surface area contributed by atoms with Gasteiger partial charge in [-0.3, -0.25) is 0 Å². The number of ether oxygens (including phenoxy) is 2. The molecule has 0 amide bonds. The Kier molecular flexibility index (Phi) is 4.08. The summed E-state index contributed by atoms with van der Waals surface area (Å²) in [6.07, 6.45) is 7.44. The maximum atomic E-state index is 13.6. The van der Waals surface area contributed by atoms with Gasteiger partial charge in [0.2, 0.25) is 0 Å². The fraction of sp³-hybridized carbons (Fsp3) is 0.647. The summed E-state index contributed by atoms with van der Waals surface area (Å²) in [6.45, 7) is 2.56. The average Bonchev–Trinajstić information content (AvgIpc) is 3.06. The number of fused-ring (bicyclic) bond motifs is 1. The van der Waals surface area contributed by atoms with Crippen molar-refractivity contribution in [2.45, 2.75) is 69.9 Å². The second-order valence-electron chi connectivity index (χ2n) is 5.99. The number of epoxide rings is 1. The van der Waals surface area contributed by atoms with Crippen molar-refractivity contribution in [1.82, 2.24) is 0 Å². The highest BCUT2D eigenvalue weighted by atomic mass is 19.1. The summed E-state index contributed by atoms with van der Waals surface area (Å²) < 4.78 is 25.5. The molecule has 1 aliphatic carbocycles. The molecule has 0 aromatic heterocycles. The van der Waals surface area contributed by atoms with Crippen molar-refractivity contribution in [2.24, 2.45) is 0 Å². The van der Waals surface area contributed by atoms with Crippen LogP contribution in [0.3, 0.4) is 0 Å². The Labute approximate surface area is 120 Å². The quantitative estimate of drug-likeness (QED) is 0.550. The minimum absolute atomic E-state index is 0.0412. The molecule has 0 radical (unpaired) electrons. The predicted octanol–water partition coefficient (Wildman–Crippen LogP) is 4.22. The van der Waals surface area contributed by atoms with Crippen LogP contribution in [0.15, 0.2) is 24.3 Å². The van der Waals surface area contributed by atoms with E-state index in [2.05, 4.69) is 6.92 Å². The molecule has 110 valence electrons. The third-order valence-electron chi connectivity index (χ3n) is 4.65. The molecule has 1 saturated carbocycles. The van der Waals surface area contributed by atoms with Crippen molar-refractivity contribution in [3.05, 3.63) is 35.6 Å². The molecule has 3 atom stereocenters. The van der Waals surface area contributed by atoms with E-state index in [1.165, 1.54) is 25.3 Å². The smallest absolute Gasteiger partial charge is 0.128 e. The van der Waals surface area contributed by atoms with Gasteiger partial charge in [-0.2, -0.15) is 0 Å². The van der Waals surface area contributed by atoms with Gasteiger partial charge in [0.15, 0.2) is 0 Å². The average molecular weight is 278 g/mol.